The molecule has 0 spiro atoms. The molecule has 0 nitrogen and oxygen atoms in total. The molecule has 332 valence electrons. The number of hydrogen-bond donors (Lipinski definition) is 0. The lowest BCUT2D eigenvalue weighted by Crippen LogP contribution is -1.98. The van der Waals surface area contributed by atoms with Crippen LogP contribution in [0.4, 0.5) is 0 Å². The van der Waals surface area contributed by atoms with Gasteiger partial charge < -0.3 is 0 Å². The van der Waals surface area contributed by atoms with Gasteiger partial charge in [-0.1, -0.05) is 214 Å². The lowest BCUT2D eigenvalue weighted by atomic mass is 9.77. The van der Waals surface area contributed by atoms with E-state index in [1.807, 2.05) is 0 Å². The summed E-state index contributed by atoms with van der Waals surface area (Å²) in [4.78, 5) is 0. The second-order valence-electron chi connectivity index (χ2n) is 21.0. The smallest absolute Gasteiger partial charge is 0.000719 e. The van der Waals surface area contributed by atoms with Crippen molar-refractivity contribution in [1.29, 1.82) is 0 Å². The first-order valence-corrected chi connectivity index (χ1v) is 25.0. The van der Waals surface area contributed by atoms with Crippen molar-refractivity contribution in [2.24, 2.45) is 0 Å². The van der Waals surface area contributed by atoms with Crippen molar-refractivity contribution in [1.82, 2.24) is 0 Å². The molecule has 0 saturated heterocycles. The quantitative estimate of drug-likeness (QED) is 0.154. The molecule has 0 aliphatic heterocycles. The Bertz CT molecular complexity index is 3990. The zero-order chi connectivity index (χ0) is 47.4. The van der Waals surface area contributed by atoms with E-state index in [2.05, 4.69) is 225 Å². The highest BCUT2D eigenvalue weighted by Gasteiger charge is 2.34. The van der Waals surface area contributed by atoms with Gasteiger partial charge in [-0.15, -0.1) is 0 Å². The van der Waals surface area contributed by atoms with Crippen LogP contribution < -0.4 is 0 Å². The van der Waals surface area contributed by atoms with Crippen LogP contribution in [0, 0.1) is 55.4 Å². The molecule has 0 heteroatoms. The van der Waals surface area contributed by atoms with Crippen molar-refractivity contribution in [2.45, 2.75) is 55.4 Å². The van der Waals surface area contributed by atoms with Crippen molar-refractivity contribution in [3.05, 3.63) is 214 Å². The fourth-order valence-corrected chi connectivity index (χ4v) is 13.6. The third-order valence-electron chi connectivity index (χ3n) is 15.7. The molecule has 2 aliphatic carbocycles. The molecule has 0 fully saturated rings. The second kappa shape index (κ2) is 14.7. The summed E-state index contributed by atoms with van der Waals surface area (Å²) in [5.41, 5.74) is 31.2. The van der Waals surface area contributed by atoms with Crippen LogP contribution in [0.1, 0.15) is 44.5 Å². The summed E-state index contributed by atoms with van der Waals surface area (Å²) < 4.78 is 0. The van der Waals surface area contributed by atoms with Crippen molar-refractivity contribution < 1.29 is 0 Å². The third kappa shape index (κ3) is 5.77. The van der Waals surface area contributed by atoms with E-state index in [1.54, 1.807) is 0 Å². The third-order valence-corrected chi connectivity index (χ3v) is 15.7. The molecule has 70 heavy (non-hydrogen) atoms. The molecular formula is C70H52. The number of rotatable bonds is 4. The molecule has 0 unspecified atom stereocenters. The fourth-order valence-electron chi connectivity index (χ4n) is 13.6. The summed E-state index contributed by atoms with van der Waals surface area (Å²) >= 11 is 0. The molecule has 14 rings (SSSR count). The molecule has 0 aromatic heterocycles. The second-order valence-corrected chi connectivity index (χ2v) is 21.0. The average Bonchev–Trinajstić information content (AvgIpc) is 3.83. The maximum Gasteiger partial charge on any atom is -0.000719 e. The lowest BCUT2D eigenvalue weighted by molar-refractivity contribution is 1.38. The lowest BCUT2D eigenvalue weighted by Gasteiger charge is -2.25. The predicted molar refractivity (Wildman–Crippen MR) is 302 cm³/mol. The van der Waals surface area contributed by atoms with Crippen molar-refractivity contribution in [3.8, 4) is 89.0 Å². The molecule has 2 aliphatic rings. The normalized spacial score (nSPS) is 12.3. The molecular weight excluding hydrogens is 841 g/mol. The van der Waals surface area contributed by atoms with E-state index in [-0.39, 0.29) is 0 Å². The van der Waals surface area contributed by atoms with E-state index >= 15 is 0 Å². The Balaban J connectivity index is 1.27. The van der Waals surface area contributed by atoms with Gasteiger partial charge in [0.25, 0.3) is 0 Å². The standard InChI is InChI=1S/C70H52/c1-37-25-38(2)30-47(29-37)61-57-23-21-52-51(65(57)63(49-33-41(5)27-42(6)34-49)69-55-19-11-15-45-13-9-17-53(59(45)55)67(61)69)22-24-58-62(48-31-39(3)26-40(4)32-48)68-54-18-10-14-46-16-12-20-56(60(46)54)70(68)64(66(52)58)50-35-43(7)28-44(8)36-50/h9-36H,1-8H3. The van der Waals surface area contributed by atoms with E-state index in [9.17, 15) is 0 Å². The Hall–Kier alpha value is -8.06. The van der Waals surface area contributed by atoms with Crippen LogP contribution >= 0.6 is 0 Å². The maximum absolute atomic E-state index is 2.50. The minimum atomic E-state index is 1.27. The first-order chi connectivity index (χ1) is 34.0. The summed E-state index contributed by atoms with van der Waals surface area (Å²) in [5.74, 6) is 0. The topological polar surface area (TPSA) is 0 Å². The van der Waals surface area contributed by atoms with Crippen LogP contribution in [0.5, 0.6) is 0 Å². The van der Waals surface area contributed by atoms with Gasteiger partial charge in [0.1, 0.15) is 0 Å². The molecule has 0 bridgehead atoms. The highest BCUT2D eigenvalue weighted by molar-refractivity contribution is 6.36. The maximum atomic E-state index is 2.50. The van der Waals surface area contributed by atoms with E-state index in [0.29, 0.717) is 0 Å². The van der Waals surface area contributed by atoms with Crippen molar-refractivity contribution >= 4 is 53.9 Å². The van der Waals surface area contributed by atoms with Crippen LogP contribution in [0.25, 0.3) is 143 Å². The summed E-state index contributed by atoms with van der Waals surface area (Å²) in [7, 11) is 0. The minimum absolute atomic E-state index is 1.27. The average molecular weight is 893 g/mol. The highest BCUT2D eigenvalue weighted by atomic mass is 14.4. The number of benzene rings is 12. The van der Waals surface area contributed by atoms with Gasteiger partial charge in [0.15, 0.2) is 0 Å². The molecule has 0 N–H and O–H groups in total. The minimum Gasteiger partial charge on any atom is -0.0610 e. The van der Waals surface area contributed by atoms with Crippen LogP contribution in [0.2, 0.25) is 0 Å². The van der Waals surface area contributed by atoms with E-state index in [4.69, 9.17) is 0 Å². The van der Waals surface area contributed by atoms with Crippen LogP contribution in [-0.2, 0) is 0 Å². The van der Waals surface area contributed by atoms with Gasteiger partial charge in [-0.3, -0.25) is 0 Å². The van der Waals surface area contributed by atoms with Gasteiger partial charge in [0.2, 0.25) is 0 Å². The van der Waals surface area contributed by atoms with Gasteiger partial charge in [-0.05, 0) is 198 Å². The predicted octanol–water partition coefficient (Wildman–Crippen LogP) is 19.9. The largest absolute Gasteiger partial charge is 0.0610 e. The van der Waals surface area contributed by atoms with E-state index in [1.165, 1.54) is 187 Å². The zero-order valence-electron chi connectivity index (χ0n) is 41.2. The van der Waals surface area contributed by atoms with Crippen LogP contribution in [0.15, 0.2) is 170 Å². The van der Waals surface area contributed by atoms with Gasteiger partial charge in [0.05, 0.1) is 0 Å². The molecule has 0 amide bonds. The Morgan fingerprint density at radius 2 is 0.443 bits per heavy atom. The first-order valence-electron chi connectivity index (χ1n) is 25.0. The molecule has 0 heterocycles. The first kappa shape index (κ1) is 41.0. The molecule has 12 aromatic rings. The molecule has 0 atom stereocenters. The Labute approximate surface area is 410 Å². The molecule has 0 radical (unpaired) electrons. The van der Waals surface area contributed by atoms with Crippen molar-refractivity contribution in [2.75, 3.05) is 0 Å². The zero-order valence-corrected chi connectivity index (χ0v) is 41.2. The molecule has 0 saturated carbocycles. The molecule has 12 aromatic carbocycles. The fraction of sp³-hybridized carbons (Fsp3) is 0.114. The Morgan fingerprint density at radius 1 is 0.200 bits per heavy atom. The van der Waals surface area contributed by atoms with Crippen LogP contribution in [0.3, 0.4) is 0 Å². The monoisotopic (exact) mass is 892 g/mol. The van der Waals surface area contributed by atoms with Gasteiger partial charge in [-0.2, -0.15) is 0 Å². The highest BCUT2D eigenvalue weighted by Crippen LogP contribution is 2.62. The van der Waals surface area contributed by atoms with E-state index in [0.717, 1.165) is 0 Å². The summed E-state index contributed by atoms with van der Waals surface area (Å²) in [6.07, 6.45) is 0. The summed E-state index contributed by atoms with van der Waals surface area (Å²) in [5, 5.41) is 13.0. The summed E-state index contributed by atoms with van der Waals surface area (Å²) in [6, 6.07) is 66.4. The SMILES string of the molecule is Cc1cc(C)cc(-c2c3c(c(-c4cc(C)cc(C)c4)c4c2ccc2c4ccc4c(-c5cc(C)cc(C)c5)c5c(c(-c6cc(C)cc(C)c6)c42)-c2cccc4cccc-5c24)-c2cccc4cccc-3c24)c1. The number of fused-ring (bicyclic) bond motifs is 11. The number of hydrogen-bond acceptors (Lipinski definition) is 0. The van der Waals surface area contributed by atoms with Gasteiger partial charge in [0, 0.05) is 0 Å². The summed E-state index contributed by atoms with van der Waals surface area (Å²) in [6.45, 7) is 18.0. The van der Waals surface area contributed by atoms with E-state index < -0.39 is 0 Å². The van der Waals surface area contributed by atoms with Crippen molar-refractivity contribution in [3.63, 3.8) is 0 Å². The van der Waals surface area contributed by atoms with Crippen LogP contribution in [-0.4, -0.2) is 0 Å². The van der Waals surface area contributed by atoms with Gasteiger partial charge in [-0.25, -0.2) is 0 Å². The Morgan fingerprint density at radius 3 is 0.729 bits per heavy atom. The van der Waals surface area contributed by atoms with Gasteiger partial charge >= 0.3 is 0 Å². The Kier molecular flexibility index (Phi) is 8.62. The number of aryl methyl sites for hydroxylation is 8.